The quantitative estimate of drug-likeness (QED) is 0.431. The number of rotatable bonds is 9. The lowest BCUT2D eigenvalue weighted by Crippen LogP contribution is -2.45. The predicted molar refractivity (Wildman–Crippen MR) is 106 cm³/mol. The number of aromatic nitrogens is 2. The molecule has 1 saturated heterocycles. The zero-order valence-corrected chi connectivity index (χ0v) is 17.5. The summed E-state index contributed by atoms with van der Waals surface area (Å²) in [6.07, 6.45) is -0.270. The lowest BCUT2D eigenvalue weighted by molar-refractivity contribution is -0.124. The van der Waals surface area contributed by atoms with Gasteiger partial charge in [-0.05, 0) is 19.4 Å². The third kappa shape index (κ3) is 5.34. The minimum Gasteiger partial charge on any atom is -0.464 e. The smallest absolute Gasteiger partial charge is 0.302 e. The van der Waals surface area contributed by atoms with Gasteiger partial charge in [-0.15, -0.1) is 0 Å². The zero-order valence-electron chi connectivity index (χ0n) is 15.8. The first kappa shape index (κ1) is 22.2. The maximum atomic E-state index is 13.9. The molecule has 1 aromatic heterocycles. The lowest BCUT2D eigenvalue weighted by Gasteiger charge is -2.29. The van der Waals surface area contributed by atoms with Crippen LogP contribution in [0.25, 0.3) is 0 Å². The summed E-state index contributed by atoms with van der Waals surface area (Å²) in [6, 6.07) is 5.00. The molecular weight excluding hydrogens is 440 g/mol. The molecule has 0 unspecified atom stereocenters. The van der Waals surface area contributed by atoms with E-state index in [2.05, 4.69) is 14.7 Å². The largest absolute Gasteiger partial charge is 0.464 e. The fourth-order valence-corrected chi connectivity index (χ4v) is 4.41. The molecule has 13 heteroatoms. The molecule has 0 radical (unpaired) electrons. The Labute approximate surface area is 176 Å². The van der Waals surface area contributed by atoms with Gasteiger partial charge in [-0.1, -0.05) is 23.9 Å². The van der Waals surface area contributed by atoms with Gasteiger partial charge < -0.3 is 10.5 Å². The Hall–Kier alpha value is -2.51. The Kier molecular flexibility index (Phi) is 6.73. The molecule has 30 heavy (non-hydrogen) atoms. The van der Waals surface area contributed by atoms with E-state index in [1.54, 1.807) is 0 Å². The highest BCUT2D eigenvalue weighted by atomic mass is 32.2. The summed E-state index contributed by atoms with van der Waals surface area (Å²) >= 11 is 0.941. The fraction of sp³-hybridized carbons (Fsp3) is 0.353. The first-order valence-corrected chi connectivity index (χ1v) is 11.3. The molecule has 0 bridgehead atoms. The van der Waals surface area contributed by atoms with E-state index in [0.29, 0.717) is 13.1 Å². The highest BCUT2D eigenvalue weighted by Gasteiger charge is 2.28. The second-order valence-electron chi connectivity index (χ2n) is 6.40. The number of ether oxygens (including phenoxy) is 1. The van der Waals surface area contributed by atoms with Gasteiger partial charge >= 0.3 is 10.2 Å². The summed E-state index contributed by atoms with van der Waals surface area (Å²) in [5, 5.41) is 0.0362. The molecule has 162 valence electrons. The first-order valence-electron chi connectivity index (χ1n) is 8.84. The van der Waals surface area contributed by atoms with Crippen molar-refractivity contribution in [3.05, 3.63) is 41.5 Å². The SMILES string of the molecule is C[C@@H](Oc1cc(NS(=O)(=O)N2CCC2)nc(SCc2cccc(F)c2F)n1)C(N)=O. The summed E-state index contributed by atoms with van der Waals surface area (Å²) in [4.78, 5) is 19.5. The van der Waals surface area contributed by atoms with Crippen molar-refractivity contribution in [1.29, 1.82) is 0 Å². The standard InChI is InChI=1S/C17H19F2N5O4S2/c1-10(16(20)25)28-14-8-13(23-30(26,27)24-6-3-7-24)21-17(22-14)29-9-11-4-2-5-12(18)15(11)19/h2,4-5,8,10H,3,6-7,9H2,1H3,(H2,20,25)(H,21,22,23)/t10-/m1/s1. The minimum atomic E-state index is -3.81. The molecule has 1 aliphatic heterocycles. The van der Waals surface area contributed by atoms with Gasteiger partial charge in [0.1, 0.15) is 5.82 Å². The molecule has 0 spiro atoms. The molecule has 1 atom stereocenters. The van der Waals surface area contributed by atoms with Crippen LogP contribution in [-0.4, -0.2) is 47.8 Å². The molecule has 1 amide bonds. The van der Waals surface area contributed by atoms with Gasteiger partial charge in [-0.3, -0.25) is 9.52 Å². The number of primary amides is 1. The van der Waals surface area contributed by atoms with E-state index < -0.39 is 33.9 Å². The second-order valence-corrected chi connectivity index (χ2v) is 9.01. The minimum absolute atomic E-state index is 0.0171. The van der Waals surface area contributed by atoms with E-state index in [-0.39, 0.29) is 28.2 Å². The molecule has 9 nitrogen and oxygen atoms in total. The summed E-state index contributed by atoms with van der Waals surface area (Å²) in [7, 11) is -3.81. The number of hydrogen-bond acceptors (Lipinski definition) is 7. The number of halogens is 2. The van der Waals surface area contributed by atoms with E-state index in [9.17, 15) is 22.0 Å². The van der Waals surface area contributed by atoms with Gasteiger partial charge in [0, 0.05) is 30.5 Å². The van der Waals surface area contributed by atoms with Gasteiger partial charge in [-0.25, -0.2) is 13.8 Å². The molecule has 1 fully saturated rings. The number of thioether (sulfide) groups is 1. The number of carbonyl (C=O) groups is 1. The van der Waals surface area contributed by atoms with E-state index in [0.717, 1.165) is 24.2 Å². The average molecular weight is 460 g/mol. The van der Waals surface area contributed by atoms with Gasteiger partial charge in [0.2, 0.25) is 5.88 Å². The van der Waals surface area contributed by atoms with Crippen molar-refractivity contribution < 1.29 is 26.7 Å². The third-order valence-corrected chi connectivity index (χ3v) is 6.57. The maximum absolute atomic E-state index is 13.9. The van der Waals surface area contributed by atoms with Crippen LogP contribution >= 0.6 is 11.8 Å². The Balaban J connectivity index is 1.84. The van der Waals surface area contributed by atoms with Crippen molar-refractivity contribution in [3.8, 4) is 5.88 Å². The molecule has 2 aromatic rings. The van der Waals surface area contributed by atoms with Crippen molar-refractivity contribution in [2.75, 3.05) is 17.8 Å². The van der Waals surface area contributed by atoms with Crippen LogP contribution in [0.15, 0.2) is 29.4 Å². The Morgan fingerprint density at radius 2 is 2.10 bits per heavy atom. The number of amides is 1. The van der Waals surface area contributed by atoms with Crippen molar-refractivity contribution in [2.24, 2.45) is 5.73 Å². The van der Waals surface area contributed by atoms with Crippen LogP contribution in [0.5, 0.6) is 5.88 Å². The van der Waals surface area contributed by atoms with Crippen LogP contribution in [0, 0.1) is 11.6 Å². The number of nitrogens with one attached hydrogen (secondary N) is 1. The molecule has 1 aromatic carbocycles. The highest BCUT2D eigenvalue weighted by Crippen LogP contribution is 2.27. The maximum Gasteiger partial charge on any atom is 0.302 e. The monoisotopic (exact) mass is 459 g/mol. The van der Waals surface area contributed by atoms with Crippen molar-refractivity contribution in [1.82, 2.24) is 14.3 Å². The number of nitrogens with two attached hydrogens (primary N) is 1. The number of carbonyl (C=O) groups excluding carboxylic acids is 1. The van der Waals surface area contributed by atoms with Gasteiger partial charge in [0.05, 0.1) is 0 Å². The van der Waals surface area contributed by atoms with E-state index in [1.165, 1.54) is 29.4 Å². The Morgan fingerprint density at radius 1 is 1.37 bits per heavy atom. The van der Waals surface area contributed by atoms with Gasteiger partial charge in [0.25, 0.3) is 5.91 Å². The number of hydrogen-bond donors (Lipinski definition) is 2. The Morgan fingerprint density at radius 3 is 2.73 bits per heavy atom. The summed E-state index contributed by atoms with van der Waals surface area (Å²) in [5.41, 5.74) is 5.27. The zero-order chi connectivity index (χ0) is 21.9. The van der Waals surface area contributed by atoms with Crippen molar-refractivity contribution in [3.63, 3.8) is 0 Å². The molecule has 2 heterocycles. The normalized spacial score (nSPS) is 15.3. The molecule has 3 N–H and O–H groups in total. The fourth-order valence-electron chi connectivity index (χ4n) is 2.35. The number of nitrogens with zero attached hydrogens (tertiary/aromatic N) is 3. The van der Waals surface area contributed by atoms with Crippen LogP contribution in [0.4, 0.5) is 14.6 Å². The van der Waals surface area contributed by atoms with Gasteiger partial charge in [0.15, 0.2) is 22.9 Å². The van der Waals surface area contributed by atoms with Gasteiger partial charge in [-0.2, -0.15) is 17.7 Å². The molecule has 0 aliphatic carbocycles. The van der Waals surface area contributed by atoms with Crippen LogP contribution in [-0.2, 0) is 20.8 Å². The van der Waals surface area contributed by atoms with E-state index >= 15 is 0 Å². The van der Waals surface area contributed by atoms with E-state index in [1.807, 2.05) is 0 Å². The number of anilines is 1. The summed E-state index contributed by atoms with van der Waals surface area (Å²) in [5.74, 6) is -2.92. The van der Waals surface area contributed by atoms with E-state index in [4.69, 9.17) is 10.5 Å². The third-order valence-electron chi connectivity index (χ3n) is 4.16. The highest BCUT2D eigenvalue weighted by molar-refractivity contribution is 7.98. The summed E-state index contributed by atoms with van der Waals surface area (Å²) in [6.45, 7) is 2.19. The number of benzene rings is 1. The van der Waals surface area contributed by atoms with Crippen LogP contribution in [0.2, 0.25) is 0 Å². The second kappa shape index (κ2) is 9.10. The average Bonchev–Trinajstić information content (AvgIpc) is 2.60. The first-order chi connectivity index (χ1) is 14.2. The predicted octanol–water partition coefficient (Wildman–Crippen LogP) is 1.66. The van der Waals surface area contributed by atoms with Crippen LogP contribution in [0.1, 0.15) is 18.9 Å². The Bertz CT molecular complexity index is 1050. The van der Waals surface area contributed by atoms with Crippen LogP contribution < -0.4 is 15.2 Å². The van der Waals surface area contributed by atoms with Crippen molar-refractivity contribution in [2.45, 2.75) is 30.4 Å². The molecular formula is C17H19F2N5O4S2. The van der Waals surface area contributed by atoms with Crippen molar-refractivity contribution >= 4 is 33.7 Å². The summed E-state index contributed by atoms with van der Waals surface area (Å²) < 4.78 is 60.9. The lowest BCUT2D eigenvalue weighted by atomic mass is 10.2. The van der Waals surface area contributed by atoms with Crippen LogP contribution in [0.3, 0.4) is 0 Å². The molecule has 0 saturated carbocycles. The topological polar surface area (TPSA) is 128 Å². The molecule has 3 rings (SSSR count). The molecule has 1 aliphatic rings.